The lowest BCUT2D eigenvalue weighted by Crippen LogP contribution is -2.36. The Morgan fingerprint density at radius 2 is 2.33 bits per heavy atom. The highest BCUT2D eigenvalue weighted by molar-refractivity contribution is 9.09. The van der Waals surface area contributed by atoms with E-state index in [0.717, 1.165) is 0 Å². The molecule has 0 fully saturated rings. The molecule has 0 bridgehead atoms. The van der Waals surface area contributed by atoms with Gasteiger partial charge in [-0.2, -0.15) is 0 Å². The zero-order valence-corrected chi connectivity index (χ0v) is 12.9. The maximum Gasteiger partial charge on any atom is 0.432 e. The highest BCUT2D eigenvalue weighted by atomic mass is 79.9. The van der Waals surface area contributed by atoms with Crippen LogP contribution in [0.1, 0.15) is 25.0 Å². The molecule has 1 heterocycles. The van der Waals surface area contributed by atoms with E-state index < -0.39 is 28.6 Å². The number of alkyl halides is 1. The third kappa shape index (κ3) is 5.23. The summed E-state index contributed by atoms with van der Waals surface area (Å²) in [5.41, 5.74) is 0.265. The average Bonchev–Trinajstić information content (AvgIpc) is 2.93. The van der Waals surface area contributed by atoms with E-state index in [9.17, 15) is 19.7 Å². The second-order valence-electron chi connectivity index (χ2n) is 4.00. The van der Waals surface area contributed by atoms with Crippen molar-refractivity contribution in [3.05, 3.63) is 22.0 Å². The predicted molar refractivity (Wildman–Crippen MR) is 76.0 cm³/mol. The van der Waals surface area contributed by atoms with Crippen molar-refractivity contribution in [1.82, 2.24) is 15.3 Å². The Morgan fingerprint density at radius 1 is 1.62 bits per heavy atom. The Labute approximate surface area is 128 Å². The quantitative estimate of drug-likeness (QED) is 0.305. The van der Waals surface area contributed by atoms with E-state index in [-0.39, 0.29) is 24.1 Å². The molecule has 116 valence electrons. The Hall–Kier alpha value is -1.81. The van der Waals surface area contributed by atoms with Crippen molar-refractivity contribution in [2.45, 2.75) is 19.3 Å². The van der Waals surface area contributed by atoms with Crippen LogP contribution in [-0.2, 0) is 14.3 Å². The molecule has 1 aromatic rings. The fourth-order valence-electron chi connectivity index (χ4n) is 1.63. The number of aromatic nitrogens is 2. The number of nitro groups is 1. The summed E-state index contributed by atoms with van der Waals surface area (Å²) in [6, 6.07) is 0. The molecular formula is C11H15BrN4O5. The summed E-state index contributed by atoms with van der Waals surface area (Å²) >= 11 is 2.94. The second kappa shape index (κ2) is 8.47. The van der Waals surface area contributed by atoms with Gasteiger partial charge in [-0.3, -0.25) is 14.9 Å². The number of aromatic amines is 1. The van der Waals surface area contributed by atoms with E-state index in [2.05, 4.69) is 31.2 Å². The highest BCUT2D eigenvalue weighted by Crippen LogP contribution is 2.20. The Bertz CT molecular complexity index is 518. The van der Waals surface area contributed by atoms with Crippen LogP contribution in [0.4, 0.5) is 5.95 Å². The fourth-order valence-corrected chi connectivity index (χ4v) is 1.77. The topological polar surface area (TPSA) is 127 Å². The number of H-pyrrole nitrogens is 1. The number of hydrogen-bond acceptors (Lipinski definition) is 6. The summed E-state index contributed by atoms with van der Waals surface area (Å²) in [5, 5.41) is 12.8. The minimum absolute atomic E-state index is 0.0138. The van der Waals surface area contributed by atoms with Gasteiger partial charge in [-0.05, 0) is 18.3 Å². The molecule has 0 saturated heterocycles. The van der Waals surface area contributed by atoms with Gasteiger partial charge < -0.3 is 14.9 Å². The number of hydrogen-bond donors (Lipinski definition) is 2. The van der Waals surface area contributed by atoms with Crippen LogP contribution in [0.15, 0.2) is 6.20 Å². The van der Waals surface area contributed by atoms with Crippen molar-refractivity contribution in [3.63, 3.8) is 0 Å². The molecule has 1 atom stereocenters. The summed E-state index contributed by atoms with van der Waals surface area (Å²) in [6.45, 7) is 2.58. The zero-order chi connectivity index (χ0) is 15.8. The van der Waals surface area contributed by atoms with E-state index in [0.29, 0.717) is 6.61 Å². The van der Waals surface area contributed by atoms with Crippen molar-refractivity contribution in [1.29, 1.82) is 0 Å². The molecule has 0 aliphatic heterocycles. The summed E-state index contributed by atoms with van der Waals surface area (Å²) in [7, 11) is 0. The van der Waals surface area contributed by atoms with Gasteiger partial charge in [0, 0.05) is 13.2 Å². The number of rotatable bonds is 8. The Kier molecular flexibility index (Phi) is 6.96. The molecule has 2 amide bonds. The van der Waals surface area contributed by atoms with Crippen LogP contribution < -0.4 is 5.32 Å². The van der Waals surface area contributed by atoms with Gasteiger partial charge in [-0.25, -0.2) is 4.98 Å². The average molecular weight is 363 g/mol. The van der Waals surface area contributed by atoms with Crippen molar-refractivity contribution in [3.8, 4) is 0 Å². The standard InChI is InChI=1S/C11H15BrN4O5/c1-2-21-4-3-7(10(18)15-9(17)5-12)8-6-13-11(14-8)16(19)20/h6-7H,2-5H2,1H3,(H,13,14)(H,15,17,18). The molecule has 0 aliphatic rings. The first-order valence-corrected chi connectivity index (χ1v) is 7.28. The molecule has 0 radical (unpaired) electrons. The first-order valence-electron chi connectivity index (χ1n) is 6.16. The van der Waals surface area contributed by atoms with Crippen molar-refractivity contribution in [2.75, 3.05) is 18.5 Å². The molecule has 1 aromatic heterocycles. The Balaban J connectivity index is 2.86. The zero-order valence-electron chi connectivity index (χ0n) is 11.3. The first-order chi connectivity index (χ1) is 9.99. The van der Waals surface area contributed by atoms with Crippen LogP contribution in [0.3, 0.4) is 0 Å². The number of carbonyl (C=O) groups excluding carboxylic acids is 2. The minimum atomic E-state index is -0.777. The van der Waals surface area contributed by atoms with Crippen LogP contribution in [0.25, 0.3) is 0 Å². The third-order valence-corrected chi connectivity index (χ3v) is 3.10. The van der Waals surface area contributed by atoms with Gasteiger partial charge in [0.05, 0.1) is 11.2 Å². The van der Waals surface area contributed by atoms with Gasteiger partial charge in [0.15, 0.2) is 0 Å². The van der Waals surface area contributed by atoms with E-state index in [1.807, 2.05) is 6.92 Å². The number of imidazole rings is 1. The van der Waals surface area contributed by atoms with Crippen LogP contribution in [0, 0.1) is 10.1 Å². The minimum Gasteiger partial charge on any atom is -0.390 e. The number of nitrogens with zero attached hydrogens (tertiary/aromatic N) is 2. The van der Waals surface area contributed by atoms with Crippen molar-refractivity contribution < 1.29 is 19.2 Å². The maximum atomic E-state index is 12.1. The van der Waals surface area contributed by atoms with Crippen LogP contribution >= 0.6 is 15.9 Å². The normalized spacial score (nSPS) is 11.9. The number of carbonyl (C=O) groups is 2. The van der Waals surface area contributed by atoms with Crippen LogP contribution in [0.5, 0.6) is 0 Å². The molecule has 0 spiro atoms. The van der Waals surface area contributed by atoms with E-state index >= 15 is 0 Å². The van der Waals surface area contributed by atoms with Crippen LogP contribution in [0.2, 0.25) is 0 Å². The SMILES string of the molecule is CCOCCC(C(=O)NC(=O)CBr)c1cnc([N+](=O)[O-])[nH]1. The van der Waals surface area contributed by atoms with Gasteiger partial charge >= 0.3 is 5.95 Å². The lowest BCUT2D eigenvalue weighted by Gasteiger charge is -2.12. The highest BCUT2D eigenvalue weighted by Gasteiger charge is 2.27. The molecule has 0 aromatic carbocycles. The van der Waals surface area contributed by atoms with Gasteiger partial charge in [0.2, 0.25) is 11.8 Å². The van der Waals surface area contributed by atoms with Gasteiger partial charge in [-0.15, -0.1) is 0 Å². The monoisotopic (exact) mass is 362 g/mol. The maximum absolute atomic E-state index is 12.1. The van der Waals surface area contributed by atoms with E-state index in [1.165, 1.54) is 6.20 Å². The van der Waals surface area contributed by atoms with E-state index in [4.69, 9.17) is 4.74 Å². The molecule has 1 unspecified atom stereocenters. The van der Waals surface area contributed by atoms with Crippen molar-refractivity contribution >= 4 is 33.7 Å². The summed E-state index contributed by atoms with van der Waals surface area (Å²) in [6.07, 6.45) is 1.49. The smallest absolute Gasteiger partial charge is 0.390 e. The lowest BCUT2D eigenvalue weighted by molar-refractivity contribution is -0.393. The third-order valence-electron chi connectivity index (χ3n) is 2.59. The largest absolute Gasteiger partial charge is 0.432 e. The molecular weight excluding hydrogens is 348 g/mol. The van der Waals surface area contributed by atoms with E-state index in [1.54, 1.807) is 0 Å². The lowest BCUT2D eigenvalue weighted by atomic mass is 10.0. The van der Waals surface area contributed by atoms with Gasteiger partial charge in [0.25, 0.3) is 0 Å². The molecule has 21 heavy (non-hydrogen) atoms. The number of nitrogens with one attached hydrogen (secondary N) is 2. The second-order valence-corrected chi connectivity index (χ2v) is 4.56. The molecule has 10 heteroatoms. The molecule has 0 aliphatic carbocycles. The summed E-state index contributed by atoms with van der Waals surface area (Å²) in [4.78, 5) is 39.3. The molecule has 9 nitrogen and oxygen atoms in total. The van der Waals surface area contributed by atoms with Gasteiger partial charge in [0.1, 0.15) is 11.9 Å². The summed E-state index contributed by atoms with van der Waals surface area (Å²) < 4.78 is 5.18. The Morgan fingerprint density at radius 3 is 2.86 bits per heavy atom. The number of ether oxygens (including phenoxy) is 1. The van der Waals surface area contributed by atoms with Crippen LogP contribution in [-0.4, -0.2) is 45.2 Å². The number of imide groups is 1. The fraction of sp³-hybridized carbons (Fsp3) is 0.545. The number of amides is 2. The van der Waals surface area contributed by atoms with Crippen molar-refractivity contribution in [2.24, 2.45) is 0 Å². The number of halogens is 1. The van der Waals surface area contributed by atoms with Gasteiger partial charge in [-0.1, -0.05) is 20.9 Å². The molecule has 1 rings (SSSR count). The summed E-state index contributed by atoms with van der Waals surface area (Å²) in [5.74, 6) is -2.28. The predicted octanol–water partition coefficient (Wildman–Crippen LogP) is 0.866. The molecule has 2 N–H and O–H groups in total. The first kappa shape index (κ1) is 17.2. The molecule has 0 saturated carbocycles.